The lowest BCUT2D eigenvalue weighted by molar-refractivity contribution is -0.144. The maximum atomic E-state index is 11.4. The first kappa shape index (κ1) is 22.7. The second kappa shape index (κ2) is 12.1. The topological polar surface area (TPSA) is 76.0 Å². The standard InChI is InChI=1S/C22H31ClO5/c1-16-7-6-8-17(13-16)28-15-19-18(20(23)14-21(19)25)9-4-2-3-5-10-22(26)27-12-11-24/h2,4,6-8,13,18-21,24-25H,3,5,9-12,14-15H2,1H3/b4-2-/t18-,19-,20-,21-/m1/s1. The normalized spacial score (nSPS) is 24.6. The zero-order valence-corrected chi connectivity index (χ0v) is 17.2. The van der Waals surface area contributed by atoms with Gasteiger partial charge in [0.1, 0.15) is 12.4 Å². The van der Waals surface area contributed by atoms with E-state index in [9.17, 15) is 9.90 Å². The molecule has 4 atom stereocenters. The molecule has 0 amide bonds. The van der Waals surface area contributed by atoms with E-state index in [0.717, 1.165) is 24.2 Å². The average molecular weight is 411 g/mol. The predicted molar refractivity (Wildman–Crippen MR) is 110 cm³/mol. The zero-order chi connectivity index (χ0) is 20.4. The van der Waals surface area contributed by atoms with Gasteiger partial charge in [-0.3, -0.25) is 4.79 Å². The van der Waals surface area contributed by atoms with Crippen molar-refractivity contribution in [3.8, 4) is 5.75 Å². The first-order valence-electron chi connectivity index (χ1n) is 9.94. The van der Waals surface area contributed by atoms with Gasteiger partial charge in [0, 0.05) is 17.7 Å². The molecule has 1 aromatic carbocycles. The summed E-state index contributed by atoms with van der Waals surface area (Å²) in [6.45, 7) is 2.38. The molecular weight excluding hydrogens is 380 g/mol. The second-order valence-electron chi connectivity index (χ2n) is 7.32. The third kappa shape index (κ3) is 7.46. The third-order valence-corrected chi connectivity index (χ3v) is 5.59. The van der Waals surface area contributed by atoms with Crippen molar-refractivity contribution in [3.63, 3.8) is 0 Å². The Balaban J connectivity index is 1.75. The highest BCUT2D eigenvalue weighted by molar-refractivity contribution is 6.21. The minimum absolute atomic E-state index is 0.00104. The maximum absolute atomic E-state index is 11.4. The first-order chi connectivity index (χ1) is 13.5. The molecule has 0 aliphatic heterocycles. The highest BCUT2D eigenvalue weighted by Crippen LogP contribution is 2.39. The van der Waals surface area contributed by atoms with E-state index in [1.807, 2.05) is 37.3 Å². The van der Waals surface area contributed by atoms with E-state index in [1.54, 1.807) is 0 Å². The van der Waals surface area contributed by atoms with Crippen molar-refractivity contribution in [1.29, 1.82) is 0 Å². The number of aliphatic hydroxyl groups is 2. The first-order valence-corrected chi connectivity index (χ1v) is 10.4. The number of aryl methyl sites for hydroxylation is 1. The van der Waals surface area contributed by atoms with Crippen LogP contribution in [0.4, 0.5) is 0 Å². The molecule has 1 saturated carbocycles. The van der Waals surface area contributed by atoms with E-state index in [4.69, 9.17) is 26.2 Å². The van der Waals surface area contributed by atoms with Crippen molar-refractivity contribution in [2.75, 3.05) is 19.8 Å². The summed E-state index contributed by atoms with van der Waals surface area (Å²) in [4.78, 5) is 11.4. The number of allylic oxidation sites excluding steroid dienone is 2. The van der Waals surface area contributed by atoms with Crippen LogP contribution in [0.1, 0.15) is 37.7 Å². The van der Waals surface area contributed by atoms with E-state index < -0.39 is 6.10 Å². The molecule has 0 unspecified atom stereocenters. The SMILES string of the molecule is Cc1cccc(OC[C@@H]2[C@@H](C/C=C\CCCC(=O)OCCO)[C@H](Cl)C[C@H]2O)c1. The van der Waals surface area contributed by atoms with Crippen LogP contribution in [0.2, 0.25) is 0 Å². The maximum Gasteiger partial charge on any atom is 0.305 e. The van der Waals surface area contributed by atoms with Crippen LogP contribution in [-0.2, 0) is 9.53 Å². The number of rotatable bonds is 11. The van der Waals surface area contributed by atoms with Gasteiger partial charge in [-0.2, -0.15) is 0 Å². The number of carbonyl (C=O) groups is 1. The van der Waals surface area contributed by atoms with Crippen LogP contribution in [0.5, 0.6) is 5.75 Å². The number of esters is 1. The second-order valence-corrected chi connectivity index (χ2v) is 7.88. The molecule has 28 heavy (non-hydrogen) atoms. The van der Waals surface area contributed by atoms with Gasteiger partial charge in [0.25, 0.3) is 0 Å². The summed E-state index contributed by atoms with van der Waals surface area (Å²) in [7, 11) is 0. The fraction of sp³-hybridized carbons (Fsp3) is 0.591. The van der Waals surface area contributed by atoms with Crippen LogP contribution >= 0.6 is 11.6 Å². The van der Waals surface area contributed by atoms with Crippen molar-refractivity contribution in [2.45, 2.75) is 50.5 Å². The number of hydrogen-bond donors (Lipinski definition) is 2. The molecule has 156 valence electrons. The summed E-state index contributed by atoms with van der Waals surface area (Å²) in [5.41, 5.74) is 1.14. The number of alkyl halides is 1. The van der Waals surface area contributed by atoms with Gasteiger partial charge < -0.3 is 19.7 Å². The van der Waals surface area contributed by atoms with Crippen LogP contribution in [-0.4, -0.2) is 47.5 Å². The summed E-state index contributed by atoms with van der Waals surface area (Å²) in [5.74, 6) is 0.691. The summed E-state index contributed by atoms with van der Waals surface area (Å²) in [5, 5.41) is 18.9. The molecule has 1 aliphatic rings. The number of aliphatic hydroxyl groups excluding tert-OH is 2. The van der Waals surface area contributed by atoms with Gasteiger partial charge in [-0.1, -0.05) is 24.3 Å². The predicted octanol–water partition coefficient (Wildman–Crippen LogP) is 3.63. The van der Waals surface area contributed by atoms with Gasteiger partial charge in [0.05, 0.1) is 19.3 Å². The van der Waals surface area contributed by atoms with E-state index >= 15 is 0 Å². The van der Waals surface area contributed by atoms with Gasteiger partial charge in [-0.15, -0.1) is 11.6 Å². The van der Waals surface area contributed by atoms with Crippen molar-refractivity contribution in [3.05, 3.63) is 42.0 Å². The smallest absolute Gasteiger partial charge is 0.305 e. The Bertz CT molecular complexity index is 633. The van der Waals surface area contributed by atoms with Gasteiger partial charge in [-0.25, -0.2) is 0 Å². The molecule has 1 aromatic rings. The lowest BCUT2D eigenvalue weighted by Crippen LogP contribution is -2.27. The van der Waals surface area contributed by atoms with Crippen molar-refractivity contribution >= 4 is 17.6 Å². The Kier molecular flexibility index (Phi) is 9.82. The Hall–Kier alpha value is -1.56. The van der Waals surface area contributed by atoms with E-state index in [-0.39, 0.29) is 36.4 Å². The van der Waals surface area contributed by atoms with E-state index in [1.165, 1.54) is 0 Å². The van der Waals surface area contributed by atoms with Crippen LogP contribution < -0.4 is 4.74 Å². The molecule has 0 heterocycles. The number of halogens is 1. The average Bonchev–Trinajstić information content (AvgIpc) is 2.93. The van der Waals surface area contributed by atoms with Crippen LogP contribution in [0.3, 0.4) is 0 Å². The Morgan fingerprint density at radius 3 is 2.89 bits per heavy atom. The molecule has 0 bridgehead atoms. The minimum Gasteiger partial charge on any atom is -0.493 e. The molecule has 1 fully saturated rings. The number of hydrogen-bond acceptors (Lipinski definition) is 5. The lowest BCUT2D eigenvalue weighted by atomic mass is 9.92. The summed E-state index contributed by atoms with van der Waals surface area (Å²) in [6, 6.07) is 7.89. The van der Waals surface area contributed by atoms with Gasteiger partial charge >= 0.3 is 5.97 Å². The molecule has 0 radical (unpaired) electrons. The molecule has 0 saturated heterocycles. The number of ether oxygens (including phenoxy) is 2. The minimum atomic E-state index is -0.452. The van der Waals surface area contributed by atoms with E-state index in [0.29, 0.717) is 25.9 Å². The molecule has 0 aromatic heterocycles. The summed E-state index contributed by atoms with van der Waals surface area (Å²) < 4.78 is 10.7. The van der Waals surface area contributed by atoms with Crippen molar-refractivity contribution < 1.29 is 24.5 Å². The number of unbranched alkanes of at least 4 members (excludes halogenated alkanes) is 1. The highest BCUT2D eigenvalue weighted by atomic mass is 35.5. The van der Waals surface area contributed by atoms with Crippen molar-refractivity contribution in [1.82, 2.24) is 0 Å². The molecule has 2 rings (SSSR count). The largest absolute Gasteiger partial charge is 0.493 e. The molecule has 5 nitrogen and oxygen atoms in total. The molecule has 6 heteroatoms. The summed E-state index contributed by atoms with van der Waals surface area (Å²) in [6.07, 6.45) is 6.87. The fourth-order valence-electron chi connectivity index (χ4n) is 3.56. The molecule has 2 N–H and O–H groups in total. The lowest BCUT2D eigenvalue weighted by Gasteiger charge is -2.22. The van der Waals surface area contributed by atoms with E-state index in [2.05, 4.69) is 6.08 Å². The Morgan fingerprint density at radius 1 is 1.32 bits per heavy atom. The third-order valence-electron chi connectivity index (χ3n) is 5.09. The van der Waals surface area contributed by atoms with Crippen LogP contribution in [0.25, 0.3) is 0 Å². The van der Waals surface area contributed by atoms with Gasteiger partial charge in [0.15, 0.2) is 0 Å². The molecule has 0 spiro atoms. The summed E-state index contributed by atoms with van der Waals surface area (Å²) >= 11 is 6.47. The zero-order valence-electron chi connectivity index (χ0n) is 16.4. The molecule has 1 aliphatic carbocycles. The monoisotopic (exact) mass is 410 g/mol. The van der Waals surface area contributed by atoms with Gasteiger partial charge in [-0.05, 0) is 56.2 Å². The van der Waals surface area contributed by atoms with Gasteiger partial charge in [0.2, 0.25) is 0 Å². The van der Waals surface area contributed by atoms with Crippen molar-refractivity contribution in [2.24, 2.45) is 11.8 Å². The van der Waals surface area contributed by atoms with Crippen LogP contribution in [0.15, 0.2) is 36.4 Å². The Morgan fingerprint density at radius 2 is 2.14 bits per heavy atom. The number of benzene rings is 1. The van der Waals surface area contributed by atoms with Crippen LogP contribution in [0, 0.1) is 18.8 Å². The molecular formula is C22H31ClO5. The number of carbonyl (C=O) groups excluding carboxylic acids is 1. The Labute approximate surface area is 172 Å². The fourth-order valence-corrected chi connectivity index (χ4v) is 4.03. The quantitative estimate of drug-likeness (QED) is 0.252. The highest BCUT2D eigenvalue weighted by Gasteiger charge is 2.41.